The molecule has 0 aromatic heterocycles. The molecule has 152 valence electrons. The molecule has 0 heterocycles. The van der Waals surface area contributed by atoms with Crippen LogP contribution >= 0.6 is 0 Å². The van der Waals surface area contributed by atoms with Crippen molar-refractivity contribution in [1.29, 1.82) is 0 Å². The minimum Gasteiger partial charge on any atom is -0.413 e. The number of allylic oxidation sites excluding steroid dienone is 1. The number of ketones is 1. The molecule has 0 aromatic carbocycles. The van der Waals surface area contributed by atoms with Gasteiger partial charge in [0.1, 0.15) is 0 Å². The molecule has 0 aromatic rings. The summed E-state index contributed by atoms with van der Waals surface area (Å²) in [6, 6.07) is 0. The van der Waals surface area contributed by atoms with Crippen LogP contribution in [0.2, 0.25) is 36.3 Å². The van der Waals surface area contributed by atoms with E-state index >= 15 is 0 Å². The molecule has 0 aliphatic carbocycles. The summed E-state index contributed by atoms with van der Waals surface area (Å²) in [5.41, 5.74) is 0. The number of hydrogen-bond donors (Lipinski definition) is 0. The summed E-state index contributed by atoms with van der Waals surface area (Å²) in [5.74, 6) is 0.0175. The molecular weight excluding hydrogens is 356 g/mol. The van der Waals surface area contributed by atoms with E-state index in [9.17, 15) is 4.79 Å². The molecule has 0 aliphatic heterocycles. The standard InChI is InChI=1S/C21H42O3Si2/c1-13-17(22)15-19(24-26(11,12)21(6,7)8)16-18(14-2)23-25(9,10)20(3,4)5/h13-14,18-19H,1-2,15-16H2,3-12H3/t18-,19-/m1/s1. The van der Waals surface area contributed by atoms with Gasteiger partial charge in [-0.25, -0.2) is 0 Å². The van der Waals surface area contributed by atoms with Gasteiger partial charge in [0.05, 0.1) is 12.2 Å². The molecular formula is C21H42O3Si2. The van der Waals surface area contributed by atoms with Gasteiger partial charge in [-0.2, -0.15) is 0 Å². The maximum Gasteiger partial charge on any atom is 0.192 e. The third-order valence-corrected chi connectivity index (χ3v) is 15.0. The van der Waals surface area contributed by atoms with Crippen molar-refractivity contribution < 1.29 is 13.6 Å². The van der Waals surface area contributed by atoms with Crippen molar-refractivity contribution in [3.63, 3.8) is 0 Å². The van der Waals surface area contributed by atoms with E-state index in [-0.39, 0.29) is 28.1 Å². The molecule has 0 radical (unpaired) electrons. The average Bonchev–Trinajstić information content (AvgIpc) is 2.43. The second-order valence-electron chi connectivity index (χ2n) is 10.3. The summed E-state index contributed by atoms with van der Waals surface area (Å²) >= 11 is 0. The first-order chi connectivity index (χ1) is 11.5. The lowest BCUT2D eigenvalue weighted by Crippen LogP contribution is -2.47. The predicted octanol–water partition coefficient (Wildman–Crippen LogP) is 6.49. The van der Waals surface area contributed by atoms with Gasteiger partial charge in [0.2, 0.25) is 0 Å². The quantitative estimate of drug-likeness (QED) is 0.240. The summed E-state index contributed by atoms with van der Waals surface area (Å²) in [6.07, 6.45) is 3.97. The number of rotatable bonds is 10. The fraction of sp³-hybridized carbons (Fsp3) is 0.762. The van der Waals surface area contributed by atoms with Crippen LogP contribution in [0.5, 0.6) is 0 Å². The first-order valence-corrected chi connectivity index (χ1v) is 15.4. The maximum atomic E-state index is 12.0. The highest BCUT2D eigenvalue weighted by molar-refractivity contribution is 6.74. The van der Waals surface area contributed by atoms with E-state index in [1.54, 1.807) is 0 Å². The van der Waals surface area contributed by atoms with Crippen LogP contribution < -0.4 is 0 Å². The zero-order valence-electron chi connectivity index (χ0n) is 18.9. The van der Waals surface area contributed by atoms with Crippen LogP contribution in [0.1, 0.15) is 54.4 Å². The Bertz CT molecular complexity index is 496. The van der Waals surface area contributed by atoms with Crippen molar-refractivity contribution >= 4 is 22.4 Å². The molecule has 0 saturated heterocycles. The summed E-state index contributed by atoms with van der Waals surface area (Å²) in [5, 5.41) is 0.216. The smallest absolute Gasteiger partial charge is 0.192 e. The maximum absolute atomic E-state index is 12.0. The Morgan fingerprint density at radius 2 is 1.35 bits per heavy atom. The predicted molar refractivity (Wildman–Crippen MR) is 119 cm³/mol. The Morgan fingerprint density at radius 3 is 1.69 bits per heavy atom. The van der Waals surface area contributed by atoms with Gasteiger partial charge in [-0.1, -0.05) is 54.2 Å². The zero-order chi connectivity index (χ0) is 21.0. The highest BCUT2D eigenvalue weighted by Crippen LogP contribution is 2.40. The monoisotopic (exact) mass is 398 g/mol. The van der Waals surface area contributed by atoms with Gasteiger partial charge in [-0.05, 0) is 42.3 Å². The van der Waals surface area contributed by atoms with Gasteiger partial charge in [-0.3, -0.25) is 4.79 Å². The molecule has 2 atom stereocenters. The molecule has 3 nitrogen and oxygen atoms in total. The molecule has 0 fully saturated rings. The largest absolute Gasteiger partial charge is 0.413 e. The zero-order valence-corrected chi connectivity index (χ0v) is 20.9. The molecule has 0 unspecified atom stereocenters. The lowest BCUT2D eigenvalue weighted by molar-refractivity contribution is -0.116. The third-order valence-electron chi connectivity index (χ3n) is 5.93. The summed E-state index contributed by atoms with van der Waals surface area (Å²) in [4.78, 5) is 12.0. The Morgan fingerprint density at radius 1 is 0.923 bits per heavy atom. The molecule has 0 saturated carbocycles. The van der Waals surface area contributed by atoms with Crippen LogP contribution in [0, 0.1) is 0 Å². The van der Waals surface area contributed by atoms with Crippen LogP contribution in [0.25, 0.3) is 0 Å². The van der Waals surface area contributed by atoms with E-state index in [0.29, 0.717) is 12.8 Å². The van der Waals surface area contributed by atoms with Crippen molar-refractivity contribution in [1.82, 2.24) is 0 Å². The van der Waals surface area contributed by atoms with Gasteiger partial charge in [0, 0.05) is 12.8 Å². The first kappa shape index (κ1) is 25.5. The molecule has 26 heavy (non-hydrogen) atoms. The van der Waals surface area contributed by atoms with Crippen LogP contribution in [-0.4, -0.2) is 34.6 Å². The summed E-state index contributed by atoms with van der Waals surface area (Å²) < 4.78 is 13.1. The van der Waals surface area contributed by atoms with Crippen LogP contribution in [0.4, 0.5) is 0 Å². The van der Waals surface area contributed by atoms with Crippen LogP contribution in [0.15, 0.2) is 25.3 Å². The first-order valence-electron chi connectivity index (χ1n) is 9.60. The van der Waals surface area contributed by atoms with E-state index < -0.39 is 16.6 Å². The fourth-order valence-electron chi connectivity index (χ4n) is 2.08. The fourth-order valence-corrected chi connectivity index (χ4v) is 4.75. The summed E-state index contributed by atoms with van der Waals surface area (Å²) in [7, 11) is -3.91. The Kier molecular flexibility index (Phi) is 8.96. The Balaban J connectivity index is 5.41. The van der Waals surface area contributed by atoms with E-state index in [0.717, 1.165) is 0 Å². The van der Waals surface area contributed by atoms with Crippen LogP contribution in [0.3, 0.4) is 0 Å². The highest BCUT2D eigenvalue weighted by atomic mass is 28.4. The Labute approximate surface area is 164 Å². The SMILES string of the molecule is C=CC(=O)C[C@H](C[C@@H](C=C)O[Si](C)(C)C(C)(C)C)O[Si](C)(C)C(C)(C)C. The minimum atomic E-state index is -1.99. The third kappa shape index (κ3) is 7.63. The minimum absolute atomic E-state index is 0.0175. The van der Waals surface area contributed by atoms with E-state index in [1.807, 2.05) is 6.08 Å². The van der Waals surface area contributed by atoms with Crippen molar-refractivity contribution in [2.45, 2.75) is 103 Å². The van der Waals surface area contributed by atoms with E-state index in [1.165, 1.54) is 6.08 Å². The topological polar surface area (TPSA) is 35.5 Å². The Hall–Kier alpha value is -0.496. The molecule has 0 aliphatic rings. The van der Waals surface area contributed by atoms with Gasteiger partial charge >= 0.3 is 0 Å². The second-order valence-corrected chi connectivity index (χ2v) is 19.8. The number of hydrogen-bond acceptors (Lipinski definition) is 3. The van der Waals surface area contributed by atoms with Gasteiger partial charge in [0.25, 0.3) is 0 Å². The highest BCUT2D eigenvalue weighted by Gasteiger charge is 2.41. The molecule has 0 rings (SSSR count). The van der Waals surface area contributed by atoms with Gasteiger partial charge < -0.3 is 8.85 Å². The van der Waals surface area contributed by atoms with Gasteiger partial charge in [0.15, 0.2) is 22.4 Å². The van der Waals surface area contributed by atoms with Crippen LogP contribution in [-0.2, 0) is 13.6 Å². The summed E-state index contributed by atoms with van der Waals surface area (Å²) in [6.45, 7) is 29.8. The lowest BCUT2D eigenvalue weighted by Gasteiger charge is -2.42. The molecule has 0 bridgehead atoms. The normalized spacial score (nSPS) is 16.1. The molecule has 0 N–H and O–H groups in total. The molecule has 0 amide bonds. The van der Waals surface area contributed by atoms with Crippen molar-refractivity contribution in [2.24, 2.45) is 0 Å². The average molecular weight is 399 g/mol. The lowest BCUT2D eigenvalue weighted by atomic mass is 10.1. The van der Waals surface area contributed by atoms with Crippen molar-refractivity contribution in [3.05, 3.63) is 25.3 Å². The van der Waals surface area contributed by atoms with Crippen molar-refractivity contribution in [2.75, 3.05) is 0 Å². The van der Waals surface area contributed by atoms with E-state index in [2.05, 4.69) is 80.9 Å². The number of carbonyl (C=O) groups excluding carboxylic acids is 1. The molecule has 5 heteroatoms. The van der Waals surface area contributed by atoms with E-state index in [4.69, 9.17) is 8.85 Å². The van der Waals surface area contributed by atoms with Crippen molar-refractivity contribution in [3.8, 4) is 0 Å². The number of carbonyl (C=O) groups is 1. The second kappa shape index (κ2) is 9.13. The molecule has 0 spiro atoms. The van der Waals surface area contributed by atoms with Gasteiger partial charge in [-0.15, -0.1) is 6.58 Å².